The first-order chi connectivity index (χ1) is 16.4. The van der Waals surface area contributed by atoms with E-state index >= 15 is 0 Å². The second-order valence-electron chi connectivity index (χ2n) is 7.93. The maximum atomic E-state index is 13.3. The average molecular weight is 460 g/mol. The number of pyridine rings is 1. The zero-order chi connectivity index (χ0) is 24.4. The number of ether oxygens (including phenoxy) is 2. The van der Waals surface area contributed by atoms with Crippen molar-refractivity contribution < 1.29 is 24.2 Å². The standard InChI is InChI=1S/C26H25N3O5/c1-28(2)17-5-7-18(8-6-17)29-23(16-11-13-27-14-12-16)22(25(31)26(29)32)24(30)20-15-19(33-3)9-10-21(20)34-4/h5-15,23,30H,1-4H3/b24-22+. The number of nitrogens with zero attached hydrogens (tertiary/aromatic N) is 3. The van der Waals surface area contributed by atoms with E-state index in [-0.39, 0.29) is 16.9 Å². The van der Waals surface area contributed by atoms with Gasteiger partial charge in [0, 0.05) is 37.9 Å². The number of carbonyl (C=O) groups excluding carboxylic acids is 2. The van der Waals surface area contributed by atoms with Crippen molar-refractivity contribution in [1.29, 1.82) is 0 Å². The average Bonchev–Trinajstić information content (AvgIpc) is 3.14. The van der Waals surface area contributed by atoms with Gasteiger partial charge in [-0.25, -0.2) is 0 Å². The van der Waals surface area contributed by atoms with E-state index in [0.29, 0.717) is 22.7 Å². The number of aromatic nitrogens is 1. The number of Topliss-reactive ketones (excluding diaryl/α,β-unsaturated/α-hetero) is 1. The van der Waals surface area contributed by atoms with Gasteiger partial charge in [-0.2, -0.15) is 0 Å². The molecule has 1 aliphatic heterocycles. The highest BCUT2D eigenvalue weighted by molar-refractivity contribution is 6.51. The molecule has 0 saturated carbocycles. The molecule has 0 bridgehead atoms. The van der Waals surface area contributed by atoms with Gasteiger partial charge in [-0.3, -0.25) is 19.5 Å². The third-order valence-electron chi connectivity index (χ3n) is 5.77. The van der Waals surface area contributed by atoms with Crippen LogP contribution in [-0.4, -0.2) is 50.1 Å². The summed E-state index contributed by atoms with van der Waals surface area (Å²) in [7, 11) is 6.79. The van der Waals surface area contributed by atoms with Gasteiger partial charge in [-0.05, 0) is 60.2 Å². The summed E-state index contributed by atoms with van der Waals surface area (Å²) in [5.74, 6) is -1.06. The van der Waals surface area contributed by atoms with E-state index in [2.05, 4.69) is 4.98 Å². The van der Waals surface area contributed by atoms with Crippen LogP contribution in [0.3, 0.4) is 0 Å². The third-order valence-corrected chi connectivity index (χ3v) is 5.77. The number of anilines is 2. The molecule has 0 aliphatic carbocycles. The minimum absolute atomic E-state index is 0.0422. The number of hydrogen-bond donors (Lipinski definition) is 1. The van der Waals surface area contributed by atoms with E-state index in [1.807, 2.05) is 31.1 Å². The van der Waals surface area contributed by atoms with E-state index in [9.17, 15) is 14.7 Å². The quantitative estimate of drug-likeness (QED) is 0.341. The summed E-state index contributed by atoms with van der Waals surface area (Å²) < 4.78 is 10.7. The van der Waals surface area contributed by atoms with Gasteiger partial charge >= 0.3 is 0 Å². The normalized spacial score (nSPS) is 17.1. The van der Waals surface area contributed by atoms with Crippen LogP contribution in [0.5, 0.6) is 11.5 Å². The van der Waals surface area contributed by atoms with E-state index in [1.54, 1.807) is 54.9 Å². The summed E-state index contributed by atoms with van der Waals surface area (Å²) in [6.45, 7) is 0. The molecule has 1 saturated heterocycles. The number of ketones is 1. The highest BCUT2D eigenvalue weighted by atomic mass is 16.5. The Morgan fingerprint density at radius 3 is 2.24 bits per heavy atom. The second-order valence-corrected chi connectivity index (χ2v) is 7.93. The van der Waals surface area contributed by atoms with Crippen molar-refractivity contribution in [2.75, 3.05) is 38.1 Å². The van der Waals surface area contributed by atoms with Crippen molar-refractivity contribution in [1.82, 2.24) is 4.98 Å². The summed E-state index contributed by atoms with van der Waals surface area (Å²) >= 11 is 0. The molecule has 34 heavy (non-hydrogen) atoms. The molecule has 1 aromatic heterocycles. The van der Waals surface area contributed by atoms with E-state index in [4.69, 9.17) is 9.47 Å². The molecular weight excluding hydrogens is 434 g/mol. The lowest BCUT2D eigenvalue weighted by Gasteiger charge is -2.26. The Labute approximate surface area is 197 Å². The highest BCUT2D eigenvalue weighted by Crippen LogP contribution is 2.43. The highest BCUT2D eigenvalue weighted by Gasteiger charge is 2.47. The molecule has 1 N–H and O–H groups in total. The van der Waals surface area contributed by atoms with Crippen molar-refractivity contribution in [3.63, 3.8) is 0 Å². The third kappa shape index (κ3) is 3.94. The van der Waals surface area contributed by atoms with Crippen LogP contribution in [0.25, 0.3) is 5.76 Å². The smallest absolute Gasteiger partial charge is 0.300 e. The fraction of sp³-hybridized carbons (Fsp3) is 0.192. The van der Waals surface area contributed by atoms with Gasteiger partial charge < -0.3 is 19.5 Å². The summed E-state index contributed by atoms with van der Waals surface area (Å²) in [6.07, 6.45) is 3.16. The van der Waals surface area contributed by atoms with Crippen molar-refractivity contribution >= 4 is 28.8 Å². The van der Waals surface area contributed by atoms with Gasteiger partial charge in [0.1, 0.15) is 17.3 Å². The molecule has 0 spiro atoms. The number of hydrogen-bond acceptors (Lipinski definition) is 7. The van der Waals surface area contributed by atoms with Crippen molar-refractivity contribution in [2.24, 2.45) is 0 Å². The largest absolute Gasteiger partial charge is 0.507 e. The maximum absolute atomic E-state index is 13.3. The van der Waals surface area contributed by atoms with Gasteiger partial charge in [0.25, 0.3) is 11.7 Å². The van der Waals surface area contributed by atoms with Crippen LogP contribution in [0.1, 0.15) is 17.2 Å². The molecule has 8 heteroatoms. The van der Waals surface area contributed by atoms with Crippen LogP contribution in [0.4, 0.5) is 11.4 Å². The molecule has 8 nitrogen and oxygen atoms in total. The topological polar surface area (TPSA) is 92.2 Å². The van der Waals surface area contributed by atoms with E-state index < -0.39 is 17.7 Å². The molecule has 3 aromatic rings. The maximum Gasteiger partial charge on any atom is 0.300 e. The molecule has 1 atom stereocenters. The lowest BCUT2D eigenvalue weighted by Crippen LogP contribution is -2.29. The number of amides is 1. The van der Waals surface area contributed by atoms with Gasteiger partial charge in [0.2, 0.25) is 0 Å². The molecule has 1 aliphatic rings. The van der Waals surface area contributed by atoms with Gasteiger partial charge in [-0.1, -0.05) is 0 Å². The molecule has 1 fully saturated rings. The van der Waals surface area contributed by atoms with Gasteiger partial charge in [0.15, 0.2) is 0 Å². The number of benzene rings is 2. The SMILES string of the molecule is COc1ccc(OC)c(/C(O)=C2\C(=O)C(=O)N(c3ccc(N(C)C)cc3)C2c2ccncc2)c1. The molecule has 0 radical (unpaired) electrons. The summed E-state index contributed by atoms with van der Waals surface area (Å²) in [5, 5.41) is 11.4. The molecule has 1 amide bonds. The number of aliphatic hydroxyl groups excluding tert-OH is 1. The first-order valence-electron chi connectivity index (χ1n) is 10.6. The number of aliphatic hydroxyl groups is 1. The lowest BCUT2D eigenvalue weighted by molar-refractivity contribution is -0.132. The van der Waals surface area contributed by atoms with Crippen LogP contribution in [-0.2, 0) is 9.59 Å². The van der Waals surface area contributed by atoms with Crippen LogP contribution < -0.4 is 19.3 Å². The zero-order valence-electron chi connectivity index (χ0n) is 19.4. The fourth-order valence-corrected chi connectivity index (χ4v) is 4.02. The van der Waals surface area contributed by atoms with Gasteiger partial charge in [-0.15, -0.1) is 0 Å². The summed E-state index contributed by atoms with van der Waals surface area (Å²) in [5.41, 5.74) is 2.32. The Morgan fingerprint density at radius 2 is 1.65 bits per heavy atom. The number of methoxy groups -OCH3 is 2. The number of carbonyl (C=O) groups is 2. The zero-order valence-corrected chi connectivity index (χ0v) is 19.4. The Morgan fingerprint density at radius 1 is 0.971 bits per heavy atom. The van der Waals surface area contributed by atoms with Crippen LogP contribution >= 0.6 is 0 Å². The lowest BCUT2D eigenvalue weighted by atomic mass is 9.95. The molecular formula is C26H25N3O5. The van der Waals surface area contributed by atoms with E-state index in [0.717, 1.165) is 5.69 Å². The monoisotopic (exact) mass is 459 g/mol. The molecule has 2 aromatic carbocycles. The van der Waals surface area contributed by atoms with Crippen molar-refractivity contribution in [2.45, 2.75) is 6.04 Å². The number of rotatable bonds is 6. The van der Waals surface area contributed by atoms with Crippen LogP contribution in [0, 0.1) is 0 Å². The summed E-state index contributed by atoms with van der Waals surface area (Å²) in [6, 6.07) is 14.7. The predicted molar refractivity (Wildman–Crippen MR) is 129 cm³/mol. The predicted octanol–water partition coefficient (Wildman–Crippen LogP) is 3.79. The fourth-order valence-electron chi connectivity index (χ4n) is 4.02. The Bertz CT molecular complexity index is 1250. The molecule has 1 unspecified atom stereocenters. The molecule has 2 heterocycles. The Balaban J connectivity index is 1.94. The van der Waals surface area contributed by atoms with Crippen molar-refractivity contribution in [3.05, 3.63) is 83.7 Å². The summed E-state index contributed by atoms with van der Waals surface area (Å²) in [4.78, 5) is 34.0. The van der Waals surface area contributed by atoms with Gasteiger partial charge in [0.05, 0.1) is 31.4 Å². The Kier molecular flexibility index (Phi) is 6.23. The van der Waals surface area contributed by atoms with E-state index in [1.165, 1.54) is 19.1 Å². The molecule has 4 rings (SSSR count). The first kappa shape index (κ1) is 22.8. The minimum atomic E-state index is -0.857. The van der Waals surface area contributed by atoms with Crippen molar-refractivity contribution in [3.8, 4) is 11.5 Å². The molecule has 174 valence electrons. The minimum Gasteiger partial charge on any atom is -0.507 e. The van der Waals surface area contributed by atoms with Crippen LogP contribution in [0.2, 0.25) is 0 Å². The first-order valence-corrected chi connectivity index (χ1v) is 10.6. The van der Waals surface area contributed by atoms with Crippen LogP contribution in [0.15, 0.2) is 72.6 Å². The Hall–Kier alpha value is -4.33. The second kappa shape index (κ2) is 9.27.